The van der Waals surface area contributed by atoms with Crippen LogP contribution < -0.4 is 0 Å². The van der Waals surface area contributed by atoms with Crippen LogP contribution >= 0.6 is 63.7 Å². The Bertz CT molecular complexity index is 431. The van der Waals surface area contributed by atoms with Crippen molar-refractivity contribution >= 4 is 69.5 Å². The lowest BCUT2D eigenvalue weighted by Gasteiger charge is -2.12. The lowest BCUT2D eigenvalue weighted by atomic mass is 10.1. The molecule has 1 nitrogen and oxygen atoms in total. The van der Waals surface area contributed by atoms with E-state index in [0.29, 0.717) is 18.1 Å². The van der Waals surface area contributed by atoms with Crippen LogP contribution in [0, 0.1) is 5.92 Å². The molecule has 0 heterocycles. The topological polar surface area (TPSA) is 17.1 Å². The molecule has 0 spiro atoms. The average Bonchev–Trinajstić information content (AvgIpc) is 3.05. The first-order valence-electron chi connectivity index (χ1n) is 5.30. The van der Waals surface area contributed by atoms with Crippen molar-refractivity contribution in [2.75, 3.05) is 0 Å². The second-order valence-corrected chi connectivity index (χ2v) is 7.93. The predicted molar refractivity (Wildman–Crippen MR) is 83.7 cm³/mol. The van der Waals surface area contributed by atoms with Crippen molar-refractivity contribution in [3.05, 3.63) is 31.1 Å². The molecule has 92 valence electrons. The fourth-order valence-corrected chi connectivity index (χ4v) is 4.95. The van der Waals surface area contributed by atoms with Gasteiger partial charge in [0.2, 0.25) is 0 Å². The quantitative estimate of drug-likeness (QED) is 0.527. The maximum Gasteiger partial charge on any atom is 0.149 e. The van der Waals surface area contributed by atoms with Crippen LogP contribution in [0.3, 0.4) is 0 Å². The summed E-state index contributed by atoms with van der Waals surface area (Å²) in [5.74, 6) is 0.638. The molecule has 5 heteroatoms. The molecule has 17 heavy (non-hydrogen) atoms. The Morgan fingerprint density at radius 1 is 1.24 bits per heavy atom. The fourth-order valence-electron chi connectivity index (χ4n) is 1.67. The van der Waals surface area contributed by atoms with E-state index in [1.165, 1.54) is 0 Å². The summed E-state index contributed by atoms with van der Waals surface area (Å²) in [4.78, 5) is 11.8. The highest BCUT2D eigenvalue weighted by molar-refractivity contribution is 9.11. The van der Waals surface area contributed by atoms with Crippen molar-refractivity contribution in [2.24, 2.45) is 5.92 Å². The smallest absolute Gasteiger partial charge is 0.149 e. The van der Waals surface area contributed by atoms with E-state index in [0.717, 1.165) is 31.8 Å². The summed E-state index contributed by atoms with van der Waals surface area (Å²) in [7, 11) is 0. The number of hydrogen-bond acceptors (Lipinski definition) is 1. The molecule has 0 radical (unpaired) electrons. The first kappa shape index (κ1) is 14.2. The Morgan fingerprint density at radius 3 is 2.24 bits per heavy atom. The fraction of sp³-hybridized carbons (Fsp3) is 0.417. The maximum atomic E-state index is 11.9. The molecule has 1 aliphatic carbocycles. The van der Waals surface area contributed by atoms with Crippen LogP contribution in [0.4, 0.5) is 0 Å². The molecular formula is C12H10Br4O. The molecule has 0 amide bonds. The third-order valence-corrected chi connectivity index (χ3v) is 5.43. The number of hydrogen-bond donors (Lipinski definition) is 0. The van der Waals surface area contributed by atoms with Gasteiger partial charge in [-0.15, -0.1) is 0 Å². The van der Waals surface area contributed by atoms with E-state index < -0.39 is 0 Å². The molecule has 1 aromatic rings. The Balaban J connectivity index is 2.15. The molecule has 0 bridgehead atoms. The molecule has 2 rings (SSSR count). The van der Waals surface area contributed by atoms with E-state index in [2.05, 4.69) is 63.7 Å². The Hall–Kier alpha value is 0.810. The summed E-state index contributed by atoms with van der Waals surface area (Å²) >= 11 is 14.0. The number of rotatable bonds is 4. The van der Waals surface area contributed by atoms with Gasteiger partial charge in [0.1, 0.15) is 5.78 Å². The second-order valence-electron chi connectivity index (χ2n) is 4.20. The molecule has 0 aromatic heterocycles. The van der Waals surface area contributed by atoms with Gasteiger partial charge >= 0.3 is 0 Å². The van der Waals surface area contributed by atoms with E-state index in [9.17, 15) is 4.79 Å². The number of halogens is 4. The van der Waals surface area contributed by atoms with Gasteiger partial charge in [-0.2, -0.15) is 0 Å². The molecule has 1 saturated carbocycles. The van der Waals surface area contributed by atoms with E-state index in [1.807, 2.05) is 12.1 Å². The van der Waals surface area contributed by atoms with Crippen LogP contribution in [-0.4, -0.2) is 10.6 Å². The average molecular weight is 490 g/mol. The largest absolute Gasteiger partial charge is 0.298 e. The van der Waals surface area contributed by atoms with Crippen molar-refractivity contribution in [1.29, 1.82) is 0 Å². The Kier molecular flexibility index (Phi) is 4.89. The van der Waals surface area contributed by atoms with Crippen molar-refractivity contribution in [1.82, 2.24) is 0 Å². The standard InChI is InChI=1S/C12H10Br4O/c13-7-3-9(14)8(10(15)4-7)5-11(16)12(17)6-1-2-6/h3-4,6,11H,1-2,5H2. The number of Topliss-reactive ketones (excluding diaryl/α,β-unsaturated/α-hetero) is 1. The minimum atomic E-state index is -0.0798. The third-order valence-electron chi connectivity index (χ3n) is 2.78. The number of alkyl halides is 1. The molecular weight excluding hydrogens is 480 g/mol. The SMILES string of the molecule is O=C(C(Br)Cc1c(Br)cc(Br)cc1Br)C1CC1. The Labute approximate surface area is 134 Å². The highest BCUT2D eigenvalue weighted by atomic mass is 79.9. The van der Waals surface area contributed by atoms with Crippen LogP contribution in [0.2, 0.25) is 0 Å². The van der Waals surface area contributed by atoms with Crippen molar-refractivity contribution in [2.45, 2.75) is 24.1 Å². The van der Waals surface area contributed by atoms with Crippen molar-refractivity contribution in [3.8, 4) is 0 Å². The van der Waals surface area contributed by atoms with Gasteiger partial charge in [0.25, 0.3) is 0 Å². The van der Waals surface area contributed by atoms with Gasteiger partial charge in [-0.1, -0.05) is 63.7 Å². The summed E-state index contributed by atoms with van der Waals surface area (Å²) in [6.07, 6.45) is 2.83. The maximum absolute atomic E-state index is 11.9. The molecule has 1 fully saturated rings. The molecule has 0 N–H and O–H groups in total. The highest BCUT2D eigenvalue weighted by Crippen LogP contribution is 2.36. The van der Waals surface area contributed by atoms with Crippen LogP contribution in [0.5, 0.6) is 0 Å². The van der Waals surface area contributed by atoms with Crippen LogP contribution in [0.1, 0.15) is 18.4 Å². The van der Waals surface area contributed by atoms with E-state index in [1.54, 1.807) is 0 Å². The van der Waals surface area contributed by atoms with Gasteiger partial charge in [-0.25, -0.2) is 0 Å². The highest BCUT2D eigenvalue weighted by Gasteiger charge is 2.33. The summed E-state index contributed by atoms with van der Waals surface area (Å²) in [6.45, 7) is 0. The van der Waals surface area contributed by atoms with E-state index >= 15 is 0 Å². The summed E-state index contributed by atoms with van der Waals surface area (Å²) in [5.41, 5.74) is 1.13. The molecule has 1 aliphatic rings. The van der Waals surface area contributed by atoms with Crippen LogP contribution in [-0.2, 0) is 11.2 Å². The lowest BCUT2D eigenvalue weighted by Crippen LogP contribution is -2.18. The first-order valence-corrected chi connectivity index (χ1v) is 8.59. The van der Waals surface area contributed by atoms with Crippen molar-refractivity contribution in [3.63, 3.8) is 0 Å². The molecule has 0 aliphatic heterocycles. The minimum Gasteiger partial charge on any atom is -0.298 e. The Morgan fingerprint density at radius 2 is 1.76 bits per heavy atom. The zero-order chi connectivity index (χ0) is 12.6. The third kappa shape index (κ3) is 3.64. The number of ketones is 1. The molecule has 1 aromatic carbocycles. The zero-order valence-electron chi connectivity index (χ0n) is 8.85. The van der Waals surface area contributed by atoms with Gasteiger partial charge in [-0.05, 0) is 37.0 Å². The lowest BCUT2D eigenvalue weighted by molar-refractivity contribution is -0.119. The molecule has 0 saturated heterocycles. The zero-order valence-corrected chi connectivity index (χ0v) is 15.2. The molecule has 1 unspecified atom stereocenters. The summed E-state index contributed by atoms with van der Waals surface area (Å²) < 4.78 is 3.05. The number of benzene rings is 1. The molecule has 1 atom stereocenters. The summed E-state index contributed by atoms with van der Waals surface area (Å²) in [6, 6.07) is 4.00. The van der Waals surface area contributed by atoms with Gasteiger partial charge in [0.15, 0.2) is 0 Å². The van der Waals surface area contributed by atoms with Crippen molar-refractivity contribution < 1.29 is 4.79 Å². The van der Waals surface area contributed by atoms with Crippen LogP contribution in [0.25, 0.3) is 0 Å². The minimum absolute atomic E-state index is 0.0798. The number of carbonyl (C=O) groups excluding carboxylic acids is 1. The first-order chi connectivity index (χ1) is 7.99. The van der Waals surface area contributed by atoms with Crippen LogP contribution in [0.15, 0.2) is 25.6 Å². The van der Waals surface area contributed by atoms with E-state index in [4.69, 9.17) is 0 Å². The summed E-state index contributed by atoms with van der Waals surface area (Å²) in [5, 5.41) is 0. The predicted octanol–water partition coefficient (Wildman–Crippen LogP) is 5.26. The normalized spacial score (nSPS) is 16.9. The number of carbonyl (C=O) groups is 1. The van der Waals surface area contributed by atoms with Gasteiger partial charge in [-0.3, -0.25) is 4.79 Å². The van der Waals surface area contributed by atoms with E-state index in [-0.39, 0.29) is 4.83 Å². The van der Waals surface area contributed by atoms with Gasteiger partial charge in [0, 0.05) is 19.3 Å². The second kappa shape index (κ2) is 5.85. The van der Waals surface area contributed by atoms with Gasteiger partial charge in [0.05, 0.1) is 4.83 Å². The van der Waals surface area contributed by atoms with Gasteiger partial charge < -0.3 is 0 Å². The monoisotopic (exact) mass is 486 g/mol.